The van der Waals surface area contributed by atoms with E-state index in [1.165, 1.54) is 12.1 Å². The molecule has 0 spiro atoms. The Morgan fingerprint density at radius 2 is 2.15 bits per heavy atom. The molecule has 1 aliphatic heterocycles. The number of nitrogens with zero attached hydrogens (tertiary/aromatic N) is 2. The van der Waals surface area contributed by atoms with Crippen LogP contribution in [-0.4, -0.2) is 47.8 Å². The largest absolute Gasteiger partial charge is 0.506 e. The lowest BCUT2D eigenvalue weighted by Crippen LogP contribution is -2.45. The Morgan fingerprint density at radius 3 is 2.70 bits per heavy atom. The van der Waals surface area contributed by atoms with Gasteiger partial charge in [0.05, 0.1) is 21.6 Å². The van der Waals surface area contributed by atoms with Crippen LogP contribution in [0.3, 0.4) is 0 Å². The zero-order valence-electron chi connectivity index (χ0n) is 10.7. The number of rotatable bonds is 4. The predicted molar refractivity (Wildman–Crippen MR) is 72.9 cm³/mol. The summed E-state index contributed by atoms with van der Waals surface area (Å²) in [5.74, 6) is -0.415. The first-order valence-electron chi connectivity index (χ1n) is 6.22. The molecular weight excluding hydrogens is 289 g/mol. The number of phenolic OH excluding ortho intramolecular Hbond substituents is 1. The Bertz CT molecular complexity index is 509. The molecule has 2 N–H and O–H groups in total. The third-order valence-corrected chi connectivity index (χ3v) is 3.72. The Balaban J connectivity index is 2.46. The van der Waals surface area contributed by atoms with E-state index in [1.807, 2.05) is 0 Å². The highest BCUT2D eigenvalue weighted by Gasteiger charge is 2.32. The smallest absolute Gasteiger partial charge is 0.278 e. The molecule has 0 bridgehead atoms. The van der Waals surface area contributed by atoms with Crippen LogP contribution >= 0.6 is 11.6 Å². The van der Waals surface area contributed by atoms with Crippen LogP contribution in [0.5, 0.6) is 5.75 Å². The van der Waals surface area contributed by atoms with Gasteiger partial charge in [-0.3, -0.25) is 15.0 Å². The van der Waals surface area contributed by atoms with E-state index in [-0.39, 0.29) is 16.3 Å². The standard InChI is InChI=1S/C12H15ClFN3O3/c13-8-1-2-9(17(19)20)11(12(8)18)10(7-14)16-5-3-15-4-6-16/h1-2,10,15,18H,3-7H2/t10-/m1/s1. The fourth-order valence-corrected chi connectivity index (χ4v) is 2.57. The fraction of sp³-hybridized carbons (Fsp3) is 0.500. The molecule has 1 fully saturated rings. The number of phenols is 1. The molecule has 2 rings (SSSR count). The lowest BCUT2D eigenvalue weighted by atomic mass is 10.0. The summed E-state index contributed by atoms with van der Waals surface area (Å²) in [6.07, 6.45) is 0. The monoisotopic (exact) mass is 303 g/mol. The van der Waals surface area contributed by atoms with E-state index >= 15 is 0 Å². The zero-order chi connectivity index (χ0) is 14.7. The molecule has 20 heavy (non-hydrogen) atoms. The minimum absolute atomic E-state index is 0.0146. The molecule has 1 heterocycles. The van der Waals surface area contributed by atoms with E-state index in [9.17, 15) is 19.6 Å². The molecule has 0 unspecified atom stereocenters. The lowest BCUT2D eigenvalue weighted by molar-refractivity contribution is -0.386. The Morgan fingerprint density at radius 1 is 1.50 bits per heavy atom. The van der Waals surface area contributed by atoms with E-state index in [2.05, 4.69) is 5.32 Å². The first-order valence-corrected chi connectivity index (χ1v) is 6.60. The van der Waals surface area contributed by atoms with Crippen LogP contribution in [0.1, 0.15) is 11.6 Å². The molecule has 0 aromatic heterocycles. The summed E-state index contributed by atoms with van der Waals surface area (Å²) in [4.78, 5) is 12.2. The molecular formula is C12H15ClFN3O3. The second-order valence-corrected chi connectivity index (χ2v) is 4.95. The third kappa shape index (κ3) is 2.84. The van der Waals surface area contributed by atoms with Crippen LogP contribution in [0.15, 0.2) is 12.1 Å². The summed E-state index contributed by atoms with van der Waals surface area (Å²) in [7, 11) is 0. The molecule has 6 nitrogen and oxygen atoms in total. The predicted octanol–water partition coefficient (Wildman–Crippen LogP) is 1.87. The van der Waals surface area contributed by atoms with Crippen LogP contribution in [0, 0.1) is 10.1 Å². The average Bonchev–Trinajstić information content (AvgIpc) is 2.45. The maximum Gasteiger partial charge on any atom is 0.278 e. The Hall–Kier alpha value is -1.44. The van der Waals surface area contributed by atoms with Gasteiger partial charge in [-0.2, -0.15) is 0 Å². The molecule has 0 amide bonds. The van der Waals surface area contributed by atoms with Crippen molar-refractivity contribution in [3.63, 3.8) is 0 Å². The lowest BCUT2D eigenvalue weighted by Gasteiger charge is -2.33. The van der Waals surface area contributed by atoms with Gasteiger partial charge in [-0.05, 0) is 6.07 Å². The van der Waals surface area contributed by atoms with Crippen LogP contribution in [0.4, 0.5) is 10.1 Å². The first kappa shape index (κ1) is 15.0. The van der Waals surface area contributed by atoms with Gasteiger partial charge in [0.15, 0.2) is 0 Å². The number of piperazine rings is 1. The minimum Gasteiger partial charge on any atom is -0.506 e. The number of nitrogens with one attached hydrogen (secondary N) is 1. The molecule has 0 saturated carbocycles. The van der Waals surface area contributed by atoms with Gasteiger partial charge >= 0.3 is 0 Å². The number of halogens is 2. The maximum atomic E-state index is 13.4. The van der Waals surface area contributed by atoms with Crippen molar-refractivity contribution in [1.29, 1.82) is 0 Å². The van der Waals surface area contributed by atoms with E-state index in [4.69, 9.17) is 11.6 Å². The minimum atomic E-state index is -0.865. The van der Waals surface area contributed by atoms with Crippen molar-refractivity contribution in [2.75, 3.05) is 32.9 Å². The van der Waals surface area contributed by atoms with Crippen LogP contribution in [-0.2, 0) is 0 Å². The van der Waals surface area contributed by atoms with Crippen molar-refractivity contribution in [2.24, 2.45) is 0 Å². The van der Waals surface area contributed by atoms with Crippen molar-refractivity contribution in [1.82, 2.24) is 10.2 Å². The first-order chi connectivity index (χ1) is 9.56. The van der Waals surface area contributed by atoms with Crippen molar-refractivity contribution in [3.8, 4) is 5.75 Å². The Labute approximate surface area is 120 Å². The molecule has 8 heteroatoms. The summed E-state index contributed by atoms with van der Waals surface area (Å²) in [5, 5.41) is 24.2. The van der Waals surface area contributed by atoms with Gasteiger partial charge in [0.2, 0.25) is 0 Å². The quantitative estimate of drug-likeness (QED) is 0.656. The summed E-state index contributed by atoms with van der Waals surface area (Å²) in [6, 6.07) is 1.57. The van der Waals surface area contributed by atoms with Gasteiger partial charge in [-0.15, -0.1) is 0 Å². The highest BCUT2D eigenvalue weighted by atomic mass is 35.5. The third-order valence-electron chi connectivity index (χ3n) is 3.41. The molecule has 1 saturated heterocycles. The second-order valence-electron chi connectivity index (χ2n) is 4.54. The van der Waals surface area contributed by atoms with Crippen molar-refractivity contribution < 1.29 is 14.4 Å². The zero-order valence-corrected chi connectivity index (χ0v) is 11.4. The number of nitro benzene ring substituents is 1. The topological polar surface area (TPSA) is 78.6 Å². The summed E-state index contributed by atoms with van der Waals surface area (Å²) in [6.45, 7) is 1.63. The van der Waals surface area contributed by atoms with Gasteiger partial charge < -0.3 is 10.4 Å². The van der Waals surface area contributed by atoms with Gasteiger partial charge in [0.1, 0.15) is 12.4 Å². The molecule has 1 atom stereocenters. The molecule has 1 aromatic carbocycles. The molecule has 0 aliphatic carbocycles. The van der Waals surface area contributed by atoms with Crippen LogP contribution < -0.4 is 5.32 Å². The number of nitro groups is 1. The van der Waals surface area contributed by atoms with E-state index in [0.29, 0.717) is 26.2 Å². The number of hydrogen-bond acceptors (Lipinski definition) is 5. The number of alkyl halides is 1. The maximum absolute atomic E-state index is 13.4. The normalized spacial score (nSPS) is 17.9. The number of benzene rings is 1. The molecule has 1 aromatic rings. The Kier molecular flexibility index (Phi) is 4.74. The highest BCUT2D eigenvalue weighted by molar-refractivity contribution is 6.32. The number of aromatic hydroxyl groups is 1. The number of hydrogen-bond donors (Lipinski definition) is 2. The van der Waals surface area contributed by atoms with Crippen LogP contribution in [0.25, 0.3) is 0 Å². The van der Waals surface area contributed by atoms with Gasteiger partial charge in [0.25, 0.3) is 5.69 Å². The highest BCUT2D eigenvalue weighted by Crippen LogP contribution is 2.40. The summed E-state index contributed by atoms with van der Waals surface area (Å²) < 4.78 is 13.4. The van der Waals surface area contributed by atoms with E-state index in [0.717, 1.165) is 0 Å². The van der Waals surface area contributed by atoms with Gasteiger partial charge in [0, 0.05) is 32.2 Å². The van der Waals surface area contributed by atoms with Crippen molar-refractivity contribution in [2.45, 2.75) is 6.04 Å². The fourth-order valence-electron chi connectivity index (χ4n) is 2.41. The molecule has 0 radical (unpaired) electrons. The van der Waals surface area contributed by atoms with Gasteiger partial charge in [-0.1, -0.05) is 11.6 Å². The summed E-state index contributed by atoms with van der Waals surface area (Å²) in [5.41, 5.74) is -0.361. The average molecular weight is 304 g/mol. The summed E-state index contributed by atoms with van der Waals surface area (Å²) >= 11 is 5.80. The van der Waals surface area contributed by atoms with E-state index < -0.39 is 23.4 Å². The van der Waals surface area contributed by atoms with Crippen LogP contribution in [0.2, 0.25) is 5.02 Å². The molecule has 1 aliphatic rings. The second kappa shape index (κ2) is 6.34. The van der Waals surface area contributed by atoms with Crippen molar-refractivity contribution >= 4 is 17.3 Å². The SMILES string of the molecule is O=[N+]([O-])c1ccc(Cl)c(O)c1[C@@H](CF)N1CCNCC1. The van der Waals surface area contributed by atoms with Crippen molar-refractivity contribution in [3.05, 3.63) is 32.8 Å². The van der Waals surface area contributed by atoms with E-state index in [1.54, 1.807) is 4.90 Å². The van der Waals surface area contributed by atoms with Gasteiger partial charge in [-0.25, -0.2) is 4.39 Å². The molecule has 110 valence electrons.